The topological polar surface area (TPSA) is 55.2 Å². The van der Waals surface area contributed by atoms with Gasteiger partial charge in [0.25, 0.3) is 5.56 Å². The van der Waals surface area contributed by atoms with E-state index in [4.69, 9.17) is 0 Å². The number of amides is 1. The number of nitrogens with zero attached hydrogens (tertiary/aromatic N) is 3. The van der Waals surface area contributed by atoms with Gasteiger partial charge < -0.3 is 4.90 Å². The van der Waals surface area contributed by atoms with Crippen LogP contribution in [0.4, 0.5) is 0 Å². The average molecular weight is 378 g/mol. The first kappa shape index (κ1) is 16.2. The summed E-state index contributed by atoms with van der Waals surface area (Å²) in [6.45, 7) is 4.20. The number of aromatic nitrogens is 2. The molecule has 0 bridgehead atoms. The van der Waals surface area contributed by atoms with Crippen molar-refractivity contribution in [3.05, 3.63) is 39.4 Å². The number of hydrogen-bond donors (Lipinski definition) is 0. The molecule has 5 nitrogen and oxygen atoms in total. The second-order valence-electron chi connectivity index (χ2n) is 6.27. The Kier molecular flexibility index (Phi) is 4.53. The molecule has 1 aliphatic rings. The summed E-state index contributed by atoms with van der Waals surface area (Å²) in [5.41, 5.74) is 0.462. The monoisotopic (exact) mass is 377 g/mol. The first-order chi connectivity index (χ1) is 11.0. The number of carbonyl (C=O) groups is 1. The highest BCUT2D eigenvalue weighted by Gasteiger charge is 2.29. The molecule has 0 aliphatic carbocycles. The number of rotatable bonds is 2. The molecule has 23 heavy (non-hydrogen) atoms. The van der Waals surface area contributed by atoms with Crippen LogP contribution in [0.3, 0.4) is 0 Å². The molecule has 3 rings (SSSR count). The molecule has 1 saturated heterocycles. The van der Waals surface area contributed by atoms with Crippen LogP contribution >= 0.6 is 15.9 Å². The summed E-state index contributed by atoms with van der Waals surface area (Å²) in [6, 6.07) is 5.84. The number of benzene rings is 1. The van der Waals surface area contributed by atoms with Crippen molar-refractivity contribution in [2.24, 2.45) is 0 Å². The van der Waals surface area contributed by atoms with Crippen LogP contribution in [0.15, 0.2) is 33.8 Å². The molecule has 2 heterocycles. The Labute approximate surface area is 143 Å². The van der Waals surface area contributed by atoms with Gasteiger partial charge in [0.2, 0.25) is 5.91 Å². The lowest BCUT2D eigenvalue weighted by molar-refractivity contribution is -0.138. The van der Waals surface area contributed by atoms with E-state index >= 15 is 0 Å². The number of likely N-dealkylation sites (tertiary alicyclic amines) is 1. The second-order valence-corrected chi connectivity index (χ2v) is 7.18. The van der Waals surface area contributed by atoms with Gasteiger partial charge in [-0.3, -0.25) is 14.2 Å². The van der Waals surface area contributed by atoms with Gasteiger partial charge in [-0.2, -0.15) is 0 Å². The molecule has 6 heteroatoms. The minimum absolute atomic E-state index is 0.0112. The predicted molar refractivity (Wildman–Crippen MR) is 93.3 cm³/mol. The third kappa shape index (κ3) is 3.17. The predicted octanol–water partition coefficient (Wildman–Crippen LogP) is 2.95. The molecule has 1 aromatic heterocycles. The number of halogens is 1. The molecule has 0 spiro atoms. The van der Waals surface area contributed by atoms with Gasteiger partial charge >= 0.3 is 0 Å². The van der Waals surface area contributed by atoms with Crippen molar-refractivity contribution in [1.82, 2.24) is 14.5 Å². The number of hydrogen-bond acceptors (Lipinski definition) is 3. The number of carbonyl (C=O) groups excluding carboxylic acids is 1. The standard InChI is InChI=1S/C17H20BrN3O2/c1-11-4-3-5-12(2)21(11)16(22)9-20-10-19-15-7-6-13(18)8-14(15)17(20)23/h6-8,10-12H,3-5,9H2,1-2H3/t11-,12-/m0/s1. The molecule has 2 atom stereocenters. The van der Waals surface area contributed by atoms with Crippen LogP contribution in [0.5, 0.6) is 0 Å². The van der Waals surface area contributed by atoms with Crippen LogP contribution in [0.1, 0.15) is 33.1 Å². The summed E-state index contributed by atoms with van der Waals surface area (Å²) < 4.78 is 2.23. The molecular weight excluding hydrogens is 358 g/mol. The van der Waals surface area contributed by atoms with E-state index in [0.29, 0.717) is 10.9 Å². The first-order valence-corrected chi connectivity index (χ1v) is 8.72. The fourth-order valence-electron chi connectivity index (χ4n) is 3.38. The van der Waals surface area contributed by atoms with Gasteiger partial charge in [0.05, 0.1) is 17.2 Å². The van der Waals surface area contributed by atoms with Gasteiger partial charge in [0.15, 0.2) is 0 Å². The van der Waals surface area contributed by atoms with Crippen molar-refractivity contribution in [1.29, 1.82) is 0 Å². The van der Waals surface area contributed by atoms with E-state index in [9.17, 15) is 9.59 Å². The normalized spacial score (nSPS) is 21.6. The van der Waals surface area contributed by atoms with Crippen molar-refractivity contribution < 1.29 is 4.79 Å². The Balaban J connectivity index is 1.90. The highest BCUT2D eigenvalue weighted by atomic mass is 79.9. The molecule has 2 aromatic rings. The van der Waals surface area contributed by atoms with Crippen molar-refractivity contribution in [3.8, 4) is 0 Å². The Hall–Kier alpha value is -1.69. The quantitative estimate of drug-likeness (QED) is 0.808. The number of piperidine rings is 1. The molecule has 0 radical (unpaired) electrons. The second kappa shape index (κ2) is 6.43. The van der Waals surface area contributed by atoms with E-state index in [2.05, 4.69) is 34.8 Å². The zero-order valence-corrected chi connectivity index (χ0v) is 14.9. The zero-order valence-electron chi connectivity index (χ0n) is 13.3. The molecule has 122 valence electrons. The lowest BCUT2D eigenvalue weighted by Gasteiger charge is -2.39. The maximum absolute atomic E-state index is 12.7. The van der Waals surface area contributed by atoms with Crippen LogP contribution in [0.25, 0.3) is 10.9 Å². The smallest absolute Gasteiger partial charge is 0.261 e. The van der Waals surface area contributed by atoms with Crippen molar-refractivity contribution in [3.63, 3.8) is 0 Å². The van der Waals surface area contributed by atoms with Crippen LogP contribution < -0.4 is 5.56 Å². The molecule has 0 saturated carbocycles. The maximum atomic E-state index is 12.7. The average Bonchev–Trinajstić information content (AvgIpc) is 2.50. The van der Waals surface area contributed by atoms with Gasteiger partial charge in [-0.1, -0.05) is 15.9 Å². The van der Waals surface area contributed by atoms with E-state index in [1.165, 1.54) is 10.9 Å². The van der Waals surface area contributed by atoms with Crippen molar-refractivity contribution in [2.75, 3.05) is 0 Å². The molecule has 1 amide bonds. The van der Waals surface area contributed by atoms with Gasteiger partial charge in [0, 0.05) is 16.6 Å². The van der Waals surface area contributed by atoms with Crippen LogP contribution in [-0.2, 0) is 11.3 Å². The molecule has 1 aliphatic heterocycles. The van der Waals surface area contributed by atoms with Gasteiger partial charge in [-0.25, -0.2) is 4.98 Å². The summed E-state index contributed by atoms with van der Waals surface area (Å²) in [5.74, 6) is -0.0112. The Morgan fingerprint density at radius 3 is 2.70 bits per heavy atom. The van der Waals surface area contributed by atoms with Crippen molar-refractivity contribution >= 4 is 32.7 Å². The molecule has 1 fully saturated rings. The Bertz CT molecular complexity index is 792. The molecule has 1 aromatic carbocycles. The highest BCUT2D eigenvalue weighted by molar-refractivity contribution is 9.10. The first-order valence-electron chi connectivity index (χ1n) is 7.93. The largest absolute Gasteiger partial charge is 0.336 e. The Morgan fingerprint density at radius 1 is 1.30 bits per heavy atom. The van der Waals surface area contributed by atoms with Crippen LogP contribution in [0.2, 0.25) is 0 Å². The molecule has 0 N–H and O–H groups in total. The van der Waals surface area contributed by atoms with Gasteiger partial charge in [-0.15, -0.1) is 0 Å². The molecular formula is C17H20BrN3O2. The van der Waals surface area contributed by atoms with E-state index in [1.807, 2.05) is 11.0 Å². The maximum Gasteiger partial charge on any atom is 0.261 e. The summed E-state index contributed by atoms with van der Waals surface area (Å²) in [5, 5.41) is 0.523. The van der Waals surface area contributed by atoms with Gasteiger partial charge in [-0.05, 0) is 51.3 Å². The summed E-state index contributed by atoms with van der Waals surface area (Å²) in [4.78, 5) is 31.5. The number of fused-ring (bicyclic) bond motifs is 1. The van der Waals surface area contributed by atoms with E-state index in [-0.39, 0.29) is 30.1 Å². The summed E-state index contributed by atoms with van der Waals surface area (Å²) in [7, 11) is 0. The lowest BCUT2D eigenvalue weighted by atomic mass is 9.97. The lowest BCUT2D eigenvalue weighted by Crippen LogP contribution is -2.49. The molecule has 0 unspecified atom stereocenters. The fourth-order valence-corrected chi connectivity index (χ4v) is 3.75. The van der Waals surface area contributed by atoms with Gasteiger partial charge in [0.1, 0.15) is 6.54 Å². The minimum atomic E-state index is -0.179. The third-order valence-electron chi connectivity index (χ3n) is 4.57. The summed E-state index contributed by atoms with van der Waals surface area (Å²) >= 11 is 3.37. The summed E-state index contributed by atoms with van der Waals surface area (Å²) in [6.07, 6.45) is 4.66. The van der Waals surface area contributed by atoms with E-state index in [0.717, 1.165) is 23.7 Å². The Morgan fingerprint density at radius 2 is 2.00 bits per heavy atom. The third-order valence-corrected chi connectivity index (χ3v) is 5.07. The van der Waals surface area contributed by atoms with Crippen LogP contribution in [0, 0.1) is 0 Å². The fraction of sp³-hybridized carbons (Fsp3) is 0.471. The highest BCUT2D eigenvalue weighted by Crippen LogP contribution is 2.22. The van der Waals surface area contributed by atoms with E-state index in [1.54, 1.807) is 12.1 Å². The SMILES string of the molecule is C[C@H]1CCC[C@H](C)N1C(=O)Cn1cnc2ccc(Br)cc2c1=O. The van der Waals surface area contributed by atoms with E-state index < -0.39 is 0 Å². The minimum Gasteiger partial charge on any atom is -0.336 e. The zero-order chi connectivity index (χ0) is 16.6. The van der Waals surface area contributed by atoms with Crippen LogP contribution in [-0.4, -0.2) is 32.4 Å². The van der Waals surface area contributed by atoms with Crippen molar-refractivity contribution in [2.45, 2.75) is 51.7 Å².